The SMILES string of the molecule is CCCCCC1CCC(CCc2ccc(-c3cc(F)c(F)c(Oc4ccc(OC(F)F)cc4)c3C)cc2)CC1. The molecule has 0 atom stereocenters. The quantitative estimate of drug-likeness (QED) is 0.167. The van der Waals surface area contributed by atoms with Crippen LogP contribution in [0.4, 0.5) is 17.6 Å². The van der Waals surface area contributed by atoms with E-state index < -0.39 is 18.2 Å². The molecule has 39 heavy (non-hydrogen) atoms. The summed E-state index contributed by atoms with van der Waals surface area (Å²) < 4.78 is 64.0. The van der Waals surface area contributed by atoms with Crippen LogP contribution in [0.25, 0.3) is 11.1 Å². The minimum atomic E-state index is -2.95. The summed E-state index contributed by atoms with van der Waals surface area (Å²) in [4.78, 5) is 0. The first-order valence-corrected chi connectivity index (χ1v) is 14.1. The molecule has 0 amide bonds. The molecule has 0 bridgehead atoms. The van der Waals surface area contributed by atoms with E-state index in [9.17, 15) is 17.6 Å². The van der Waals surface area contributed by atoms with Crippen molar-refractivity contribution in [3.8, 4) is 28.4 Å². The lowest BCUT2D eigenvalue weighted by Gasteiger charge is -2.28. The van der Waals surface area contributed by atoms with Crippen LogP contribution in [0.3, 0.4) is 0 Å². The topological polar surface area (TPSA) is 18.5 Å². The molecule has 0 N–H and O–H groups in total. The van der Waals surface area contributed by atoms with Gasteiger partial charge in [0.05, 0.1) is 0 Å². The maximum absolute atomic E-state index is 14.7. The number of rotatable bonds is 12. The van der Waals surface area contributed by atoms with Crippen LogP contribution in [-0.4, -0.2) is 6.61 Å². The van der Waals surface area contributed by atoms with E-state index in [0.29, 0.717) is 11.1 Å². The summed E-state index contributed by atoms with van der Waals surface area (Å²) in [5.41, 5.74) is 3.00. The number of aryl methyl sites for hydroxylation is 1. The second kappa shape index (κ2) is 13.9. The van der Waals surface area contributed by atoms with Gasteiger partial charge in [-0.3, -0.25) is 0 Å². The lowest BCUT2D eigenvalue weighted by molar-refractivity contribution is -0.0498. The first kappa shape index (κ1) is 29.0. The average Bonchev–Trinajstić information content (AvgIpc) is 2.94. The average molecular weight is 543 g/mol. The van der Waals surface area contributed by atoms with Crippen LogP contribution >= 0.6 is 0 Å². The van der Waals surface area contributed by atoms with Crippen molar-refractivity contribution >= 4 is 0 Å². The first-order valence-electron chi connectivity index (χ1n) is 14.1. The largest absolute Gasteiger partial charge is 0.454 e. The zero-order chi connectivity index (χ0) is 27.8. The maximum Gasteiger partial charge on any atom is 0.387 e. The van der Waals surface area contributed by atoms with Gasteiger partial charge in [-0.15, -0.1) is 0 Å². The molecule has 1 saturated carbocycles. The van der Waals surface area contributed by atoms with Gasteiger partial charge in [0.25, 0.3) is 0 Å². The molecule has 0 unspecified atom stereocenters. The molecule has 210 valence electrons. The smallest absolute Gasteiger partial charge is 0.387 e. The van der Waals surface area contributed by atoms with E-state index in [0.717, 1.165) is 23.8 Å². The molecule has 2 nitrogen and oxygen atoms in total. The summed E-state index contributed by atoms with van der Waals surface area (Å²) in [6.07, 6.45) is 13.0. The summed E-state index contributed by atoms with van der Waals surface area (Å²) in [7, 11) is 0. The minimum Gasteiger partial charge on any atom is -0.454 e. The van der Waals surface area contributed by atoms with Gasteiger partial charge in [-0.2, -0.15) is 13.2 Å². The van der Waals surface area contributed by atoms with Crippen molar-refractivity contribution in [2.24, 2.45) is 11.8 Å². The van der Waals surface area contributed by atoms with Crippen molar-refractivity contribution in [1.29, 1.82) is 0 Å². The summed E-state index contributed by atoms with van der Waals surface area (Å²) in [5, 5.41) is 0. The van der Waals surface area contributed by atoms with E-state index in [1.54, 1.807) is 6.92 Å². The summed E-state index contributed by atoms with van der Waals surface area (Å²) in [6, 6.07) is 14.5. The van der Waals surface area contributed by atoms with Crippen molar-refractivity contribution in [1.82, 2.24) is 0 Å². The van der Waals surface area contributed by atoms with E-state index in [2.05, 4.69) is 23.8 Å². The predicted molar refractivity (Wildman–Crippen MR) is 148 cm³/mol. The van der Waals surface area contributed by atoms with Crippen molar-refractivity contribution in [2.75, 3.05) is 0 Å². The highest BCUT2D eigenvalue weighted by Gasteiger charge is 2.21. The third-order valence-corrected chi connectivity index (χ3v) is 7.98. The summed E-state index contributed by atoms with van der Waals surface area (Å²) >= 11 is 0. The highest BCUT2D eigenvalue weighted by molar-refractivity contribution is 5.70. The molecule has 0 heterocycles. The highest BCUT2D eigenvalue weighted by atomic mass is 19.3. The van der Waals surface area contributed by atoms with Crippen LogP contribution in [0.5, 0.6) is 17.2 Å². The fraction of sp³-hybridized carbons (Fsp3) is 0.455. The number of hydrogen-bond acceptors (Lipinski definition) is 2. The minimum absolute atomic E-state index is 0.0512. The summed E-state index contributed by atoms with van der Waals surface area (Å²) in [5.74, 6) is -0.513. The Balaban J connectivity index is 1.38. The molecule has 3 aromatic rings. The Morgan fingerprint density at radius 2 is 1.44 bits per heavy atom. The number of ether oxygens (including phenoxy) is 2. The maximum atomic E-state index is 14.7. The monoisotopic (exact) mass is 542 g/mol. The van der Waals surface area contributed by atoms with Crippen LogP contribution in [0.15, 0.2) is 54.6 Å². The Kier molecular flexibility index (Phi) is 10.3. The van der Waals surface area contributed by atoms with Crippen molar-refractivity contribution < 1.29 is 27.0 Å². The first-order chi connectivity index (χ1) is 18.8. The van der Waals surface area contributed by atoms with E-state index in [4.69, 9.17) is 4.74 Å². The number of alkyl halides is 2. The third-order valence-electron chi connectivity index (χ3n) is 7.98. The van der Waals surface area contributed by atoms with E-state index >= 15 is 0 Å². The van der Waals surface area contributed by atoms with Gasteiger partial charge in [-0.05, 0) is 78.6 Å². The van der Waals surface area contributed by atoms with Gasteiger partial charge in [0.15, 0.2) is 11.6 Å². The van der Waals surface area contributed by atoms with Gasteiger partial charge < -0.3 is 9.47 Å². The molecule has 1 aliphatic rings. The molecule has 0 radical (unpaired) electrons. The number of benzene rings is 3. The Labute approximate surface area is 229 Å². The standard InChI is InChI=1S/C33H38F4O2/c1-3-4-5-6-23-7-9-24(10-8-23)11-12-25-13-15-26(16-14-25)29-21-30(34)31(35)32(22(29)2)38-27-17-19-28(20-18-27)39-33(36)37/h13-21,23-24,33H,3-12H2,1-2H3. The molecule has 0 aromatic heterocycles. The zero-order valence-corrected chi connectivity index (χ0v) is 22.8. The molecular weight excluding hydrogens is 504 g/mol. The predicted octanol–water partition coefficient (Wildman–Crippen LogP) is 10.7. The molecule has 0 saturated heterocycles. The van der Waals surface area contributed by atoms with Crippen LogP contribution < -0.4 is 9.47 Å². The van der Waals surface area contributed by atoms with Crippen molar-refractivity contribution in [2.45, 2.75) is 84.7 Å². The Morgan fingerprint density at radius 1 is 0.821 bits per heavy atom. The van der Waals surface area contributed by atoms with Gasteiger partial charge in [0, 0.05) is 5.56 Å². The van der Waals surface area contributed by atoms with Gasteiger partial charge in [-0.25, -0.2) is 4.39 Å². The van der Waals surface area contributed by atoms with Crippen LogP contribution in [0.1, 0.15) is 75.8 Å². The van der Waals surface area contributed by atoms with Gasteiger partial charge in [0.1, 0.15) is 11.5 Å². The number of halogens is 4. The van der Waals surface area contributed by atoms with E-state index in [1.807, 2.05) is 12.1 Å². The third kappa shape index (κ3) is 8.00. The normalized spacial score (nSPS) is 17.4. The molecule has 1 fully saturated rings. The molecule has 1 aliphatic carbocycles. The molecule has 0 spiro atoms. The van der Waals surface area contributed by atoms with Crippen LogP contribution in [0.2, 0.25) is 0 Å². The Morgan fingerprint density at radius 3 is 2.05 bits per heavy atom. The van der Waals surface area contributed by atoms with E-state index in [-0.39, 0.29) is 17.2 Å². The van der Waals surface area contributed by atoms with Crippen LogP contribution in [-0.2, 0) is 6.42 Å². The second-order valence-electron chi connectivity index (χ2n) is 10.7. The molecule has 3 aromatic carbocycles. The van der Waals surface area contributed by atoms with Gasteiger partial charge in [-0.1, -0.05) is 82.6 Å². The lowest BCUT2D eigenvalue weighted by atomic mass is 9.78. The molecule has 0 aliphatic heterocycles. The second-order valence-corrected chi connectivity index (χ2v) is 10.7. The summed E-state index contributed by atoms with van der Waals surface area (Å²) in [6.45, 7) is 0.984. The van der Waals surface area contributed by atoms with E-state index in [1.165, 1.54) is 93.7 Å². The molecule has 4 rings (SSSR count). The van der Waals surface area contributed by atoms with Gasteiger partial charge in [0.2, 0.25) is 5.82 Å². The Bertz CT molecular complexity index is 1180. The Hall–Kier alpha value is -3.02. The lowest BCUT2D eigenvalue weighted by Crippen LogP contribution is -2.15. The molecular formula is C33H38F4O2. The van der Waals surface area contributed by atoms with Crippen molar-refractivity contribution in [3.63, 3.8) is 0 Å². The fourth-order valence-corrected chi connectivity index (χ4v) is 5.64. The zero-order valence-electron chi connectivity index (χ0n) is 22.8. The van der Waals surface area contributed by atoms with Crippen LogP contribution in [0, 0.1) is 30.4 Å². The number of hydrogen-bond donors (Lipinski definition) is 0. The number of unbranched alkanes of at least 4 members (excludes halogenated alkanes) is 2. The molecule has 6 heteroatoms. The fourth-order valence-electron chi connectivity index (χ4n) is 5.64. The van der Waals surface area contributed by atoms with Gasteiger partial charge >= 0.3 is 6.61 Å². The van der Waals surface area contributed by atoms with Crippen molar-refractivity contribution in [3.05, 3.63) is 77.4 Å². The highest BCUT2D eigenvalue weighted by Crippen LogP contribution is 2.38.